The molecule has 27 heavy (non-hydrogen) atoms. The summed E-state index contributed by atoms with van der Waals surface area (Å²) < 4.78 is 4.52. The molecule has 5 nitrogen and oxygen atoms in total. The average Bonchev–Trinajstić information content (AvgIpc) is 2.95. The van der Waals surface area contributed by atoms with Crippen molar-refractivity contribution in [1.82, 2.24) is 4.57 Å². The van der Waals surface area contributed by atoms with E-state index in [4.69, 9.17) is 56.2 Å². The minimum absolute atomic E-state index is 0.167. The number of hydrogen-bond acceptors (Lipinski definition) is 4. The summed E-state index contributed by atoms with van der Waals surface area (Å²) in [5.41, 5.74) is 1.50. The lowest BCUT2D eigenvalue weighted by Crippen LogP contribution is -2.27. The molecule has 0 aliphatic rings. The van der Waals surface area contributed by atoms with Crippen molar-refractivity contribution in [3.8, 4) is 17.2 Å². The number of hydrogen-bond donors (Lipinski definition) is 1. The molecule has 1 atom stereocenters. The summed E-state index contributed by atoms with van der Waals surface area (Å²) >= 11 is 23.8. The Labute approximate surface area is 178 Å². The van der Waals surface area contributed by atoms with Gasteiger partial charge in [0.15, 0.2) is 0 Å². The summed E-state index contributed by atoms with van der Waals surface area (Å²) in [5.74, 6) is -0.618. The van der Waals surface area contributed by atoms with E-state index in [0.29, 0.717) is 21.7 Å². The Balaban J connectivity index is 0.000000828. The highest BCUT2D eigenvalue weighted by molar-refractivity contribution is 6.67. The fourth-order valence-corrected chi connectivity index (χ4v) is 2.76. The number of esters is 1. The van der Waals surface area contributed by atoms with Crippen LogP contribution in [0, 0.1) is 11.3 Å². The highest BCUT2D eigenvalue weighted by atomic mass is 35.6. The topological polar surface area (TPSA) is 75.2 Å². The minimum atomic E-state index is -1.91. The molecule has 2 rings (SSSR count). The molecule has 1 unspecified atom stereocenters. The number of benzene rings is 1. The molecule has 146 valence electrons. The number of carbonyl (C=O) groups excluding carboxylic acids is 1. The predicted molar refractivity (Wildman–Crippen MR) is 108 cm³/mol. The SMILES string of the molecule is CC(=O)OC(n1cc(C#N)c(-c2ccccc2Cl)c1)C(Cl)(Cl)Cl.CC(C)O. The summed E-state index contributed by atoms with van der Waals surface area (Å²) in [4.78, 5) is 11.3. The van der Waals surface area contributed by atoms with Gasteiger partial charge in [-0.3, -0.25) is 4.79 Å². The van der Waals surface area contributed by atoms with Gasteiger partial charge >= 0.3 is 5.97 Å². The maximum Gasteiger partial charge on any atom is 0.304 e. The van der Waals surface area contributed by atoms with E-state index in [-0.39, 0.29) is 6.10 Å². The average molecular weight is 452 g/mol. The molecular weight excluding hydrogens is 434 g/mol. The van der Waals surface area contributed by atoms with Gasteiger partial charge in [-0.05, 0) is 19.9 Å². The van der Waals surface area contributed by atoms with Crippen molar-refractivity contribution in [1.29, 1.82) is 5.26 Å². The van der Waals surface area contributed by atoms with Crippen LogP contribution in [0.1, 0.15) is 32.6 Å². The molecule has 1 aromatic heterocycles. The van der Waals surface area contributed by atoms with Crippen LogP contribution in [0.5, 0.6) is 0 Å². The van der Waals surface area contributed by atoms with Crippen LogP contribution in [0.2, 0.25) is 5.02 Å². The molecule has 0 saturated carbocycles. The van der Waals surface area contributed by atoms with Crippen molar-refractivity contribution >= 4 is 52.4 Å². The third-order valence-corrected chi connectivity index (χ3v) is 3.85. The number of alkyl halides is 3. The van der Waals surface area contributed by atoms with Gasteiger partial charge in [-0.15, -0.1) is 0 Å². The second-order valence-electron chi connectivity index (χ2n) is 5.72. The van der Waals surface area contributed by atoms with E-state index < -0.39 is 16.0 Å². The van der Waals surface area contributed by atoms with Crippen molar-refractivity contribution in [2.45, 2.75) is 36.9 Å². The molecule has 1 N–H and O–H groups in total. The van der Waals surface area contributed by atoms with Crippen LogP contribution in [0.3, 0.4) is 0 Å². The number of nitriles is 1. The van der Waals surface area contributed by atoms with Gasteiger partial charge in [0.1, 0.15) is 6.07 Å². The fraction of sp³-hybridized carbons (Fsp3) is 0.333. The van der Waals surface area contributed by atoms with Gasteiger partial charge in [-0.2, -0.15) is 5.26 Å². The molecule has 0 aliphatic heterocycles. The quantitative estimate of drug-likeness (QED) is 0.493. The van der Waals surface area contributed by atoms with Gasteiger partial charge in [-0.25, -0.2) is 0 Å². The van der Waals surface area contributed by atoms with Crippen LogP contribution in [0.4, 0.5) is 0 Å². The standard InChI is InChI=1S/C15H10Cl4N2O2.C3H8O/c1-9(22)23-14(15(17,18)19)21-7-10(6-20)12(8-21)11-4-2-3-5-13(11)16;1-3(2)4/h2-5,7-8,14H,1H3;3-4H,1-2H3. The Bertz CT molecular complexity index is 820. The third-order valence-electron chi connectivity index (χ3n) is 2.96. The zero-order chi connectivity index (χ0) is 20.8. The summed E-state index contributed by atoms with van der Waals surface area (Å²) in [6, 6.07) is 9.08. The number of halogens is 4. The van der Waals surface area contributed by atoms with Crippen molar-refractivity contribution in [3.05, 3.63) is 47.2 Å². The molecule has 1 aromatic carbocycles. The van der Waals surface area contributed by atoms with Crippen LogP contribution < -0.4 is 0 Å². The Hall–Kier alpha value is -1.42. The smallest absolute Gasteiger partial charge is 0.304 e. The van der Waals surface area contributed by atoms with Gasteiger partial charge in [0.25, 0.3) is 0 Å². The lowest BCUT2D eigenvalue weighted by atomic mass is 10.1. The Morgan fingerprint density at radius 2 is 1.78 bits per heavy atom. The van der Waals surface area contributed by atoms with Crippen molar-refractivity contribution in [3.63, 3.8) is 0 Å². The molecule has 9 heteroatoms. The summed E-state index contributed by atoms with van der Waals surface area (Å²) in [5, 5.41) is 17.9. The van der Waals surface area contributed by atoms with E-state index in [1.54, 1.807) is 44.3 Å². The van der Waals surface area contributed by atoms with E-state index in [9.17, 15) is 10.1 Å². The third kappa shape index (κ3) is 7.25. The molecule has 0 bridgehead atoms. The van der Waals surface area contributed by atoms with Crippen molar-refractivity contribution in [2.75, 3.05) is 0 Å². The normalized spacial score (nSPS) is 12.0. The second kappa shape index (κ2) is 10.2. The zero-order valence-electron chi connectivity index (χ0n) is 14.8. The maximum absolute atomic E-state index is 11.3. The van der Waals surface area contributed by atoms with E-state index in [0.717, 1.165) is 0 Å². The highest BCUT2D eigenvalue weighted by Gasteiger charge is 2.37. The first kappa shape index (κ1) is 23.6. The van der Waals surface area contributed by atoms with E-state index >= 15 is 0 Å². The first-order valence-electron chi connectivity index (χ1n) is 7.75. The monoisotopic (exact) mass is 450 g/mol. The van der Waals surface area contributed by atoms with Gasteiger partial charge in [0, 0.05) is 41.6 Å². The lowest BCUT2D eigenvalue weighted by Gasteiger charge is -2.25. The minimum Gasteiger partial charge on any atom is -0.437 e. The number of rotatable bonds is 3. The largest absolute Gasteiger partial charge is 0.437 e. The Morgan fingerprint density at radius 1 is 1.22 bits per heavy atom. The summed E-state index contributed by atoms with van der Waals surface area (Å²) in [6.45, 7) is 4.65. The Kier molecular flexibility index (Phi) is 8.93. The zero-order valence-corrected chi connectivity index (χ0v) is 17.8. The van der Waals surface area contributed by atoms with E-state index in [1.165, 1.54) is 17.7 Å². The first-order valence-corrected chi connectivity index (χ1v) is 9.27. The maximum atomic E-state index is 11.3. The van der Waals surface area contributed by atoms with Crippen LogP contribution in [0.25, 0.3) is 11.1 Å². The number of aliphatic hydroxyl groups excluding tert-OH is 1. The highest BCUT2D eigenvalue weighted by Crippen LogP contribution is 2.41. The molecule has 0 radical (unpaired) electrons. The first-order chi connectivity index (χ1) is 12.5. The van der Waals surface area contributed by atoms with Gasteiger partial charge in [-0.1, -0.05) is 64.6 Å². The molecular formula is C18H18Cl4N2O3. The lowest BCUT2D eigenvalue weighted by molar-refractivity contribution is -0.150. The van der Waals surface area contributed by atoms with Gasteiger partial charge in [0.2, 0.25) is 10.0 Å². The van der Waals surface area contributed by atoms with E-state index in [1.807, 2.05) is 0 Å². The molecule has 1 heterocycles. The summed E-state index contributed by atoms with van der Waals surface area (Å²) in [7, 11) is 0. The molecule has 2 aromatic rings. The molecule has 0 amide bonds. The summed E-state index contributed by atoms with van der Waals surface area (Å²) in [6.07, 6.45) is 1.61. The predicted octanol–water partition coefficient (Wildman–Crippen LogP) is 5.50. The fourth-order valence-electron chi connectivity index (χ4n) is 2.05. The van der Waals surface area contributed by atoms with E-state index in [2.05, 4.69) is 6.07 Å². The molecule has 0 saturated heterocycles. The number of carbonyl (C=O) groups is 1. The van der Waals surface area contributed by atoms with Crippen LogP contribution in [-0.2, 0) is 9.53 Å². The Morgan fingerprint density at radius 3 is 2.22 bits per heavy atom. The number of aliphatic hydroxyl groups is 1. The second-order valence-corrected chi connectivity index (χ2v) is 8.50. The molecule has 0 aliphatic carbocycles. The van der Waals surface area contributed by atoms with Crippen molar-refractivity contribution < 1.29 is 14.6 Å². The molecule has 0 fully saturated rings. The van der Waals surface area contributed by atoms with Crippen LogP contribution >= 0.6 is 46.4 Å². The number of nitrogens with zero attached hydrogens (tertiary/aromatic N) is 2. The molecule has 0 spiro atoms. The van der Waals surface area contributed by atoms with Gasteiger partial charge < -0.3 is 14.4 Å². The number of ether oxygens (including phenoxy) is 1. The van der Waals surface area contributed by atoms with Crippen molar-refractivity contribution in [2.24, 2.45) is 0 Å². The van der Waals surface area contributed by atoms with Gasteiger partial charge in [0.05, 0.1) is 5.56 Å². The van der Waals surface area contributed by atoms with Crippen LogP contribution in [0.15, 0.2) is 36.7 Å². The number of aromatic nitrogens is 1. The van der Waals surface area contributed by atoms with Crippen LogP contribution in [-0.4, -0.2) is 25.5 Å².